The van der Waals surface area contributed by atoms with Gasteiger partial charge < -0.3 is 5.32 Å². The Labute approximate surface area is 85.8 Å². The molecule has 1 heteroatoms. The van der Waals surface area contributed by atoms with Gasteiger partial charge in [0.1, 0.15) is 0 Å². The zero-order valence-corrected chi connectivity index (χ0v) is 8.93. The van der Waals surface area contributed by atoms with E-state index in [1.807, 2.05) is 0 Å². The van der Waals surface area contributed by atoms with Gasteiger partial charge in [0.25, 0.3) is 0 Å². The summed E-state index contributed by atoms with van der Waals surface area (Å²) in [4.78, 5) is 0. The third-order valence-corrected chi connectivity index (χ3v) is 2.76. The van der Waals surface area contributed by atoms with E-state index < -0.39 is 0 Å². The van der Waals surface area contributed by atoms with Crippen LogP contribution in [-0.2, 0) is 6.54 Å². The average molecular weight is 187 g/mol. The van der Waals surface area contributed by atoms with E-state index in [-0.39, 0.29) is 0 Å². The average Bonchev–Trinajstić information content (AvgIpc) is 2.19. The molecule has 1 aliphatic rings. The fourth-order valence-corrected chi connectivity index (χ4v) is 2.18. The van der Waals surface area contributed by atoms with Crippen molar-refractivity contribution >= 4 is 5.57 Å². The smallest absolute Gasteiger partial charge is 0.0214 e. The van der Waals surface area contributed by atoms with Crippen LogP contribution in [0.3, 0.4) is 0 Å². The second-order valence-electron chi connectivity index (χ2n) is 3.85. The normalized spacial score (nSPS) is 18.3. The molecule has 0 aliphatic carbocycles. The molecule has 1 nitrogen and oxygen atoms in total. The van der Waals surface area contributed by atoms with Crippen LogP contribution in [0.15, 0.2) is 24.3 Å². The predicted molar refractivity (Wildman–Crippen MR) is 61.2 cm³/mol. The molecule has 0 saturated carbocycles. The number of benzene rings is 1. The maximum Gasteiger partial charge on any atom is 0.0214 e. The molecular weight excluding hydrogens is 170 g/mol. The van der Waals surface area contributed by atoms with Gasteiger partial charge in [-0.15, -0.1) is 0 Å². The van der Waals surface area contributed by atoms with Gasteiger partial charge in [0.2, 0.25) is 0 Å². The molecule has 0 aromatic heterocycles. The van der Waals surface area contributed by atoms with Gasteiger partial charge in [0, 0.05) is 13.1 Å². The van der Waals surface area contributed by atoms with Gasteiger partial charge in [-0.2, -0.15) is 0 Å². The highest BCUT2D eigenvalue weighted by Crippen LogP contribution is 2.26. The summed E-state index contributed by atoms with van der Waals surface area (Å²) in [5, 5.41) is 3.43. The van der Waals surface area contributed by atoms with E-state index in [2.05, 4.69) is 43.4 Å². The molecule has 0 bridgehead atoms. The minimum Gasteiger partial charge on any atom is -0.309 e. The third-order valence-electron chi connectivity index (χ3n) is 2.76. The molecule has 0 spiro atoms. The molecular formula is C13H17N. The number of allylic oxidation sites excluding steroid dienone is 1. The van der Waals surface area contributed by atoms with Crippen LogP contribution in [0.25, 0.3) is 5.57 Å². The second-order valence-corrected chi connectivity index (χ2v) is 3.85. The first-order valence-electron chi connectivity index (χ1n) is 5.31. The van der Waals surface area contributed by atoms with Crippen LogP contribution in [0.4, 0.5) is 0 Å². The Bertz CT molecular complexity index is 363. The van der Waals surface area contributed by atoms with E-state index in [0.29, 0.717) is 0 Å². The second kappa shape index (κ2) is 3.97. The summed E-state index contributed by atoms with van der Waals surface area (Å²) in [7, 11) is 0. The topological polar surface area (TPSA) is 12.0 Å². The van der Waals surface area contributed by atoms with E-state index in [1.54, 1.807) is 0 Å². The highest BCUT2D eigenvalue weighted by atomic mass is 14.9. The Morgan fingerprint density at radius 2 is 2.21 bits per heavy atom. The van der Waals surface area contributed by atoms with Crippen LogP contribution in [0.5, 0.6) is 0 Å². The molecule has 0 saturated heterocycles. The lowest BCUT2D eigenvalue weighted by atomic mass is 9.91. The van der Waals surface area contributed by atoms with Crippen molar-refractivity contribution in [2.75, 3.05) is 6.54 Å². The molecule has 0 radical (unpaired) electrons. The molecule has 0 amide bonds. The number of aryl methyl sites for hydroxylation is 1. The Morgan fingerprint density at radius 3 is 3.00 bits per heavy atom. The lowest BCUT2D eigenvalue weighted by Crippen LogP contribution is -2.23. The Kier molecular flexibility index (Phi) is 2.69. The number of rotatable bonds is 1. The van der Waals surface area contributed by atoms with Crippen LogP contribution in [0.2, 0.25) is 0 Å². The van der Waals surface area contributed by atoms with Gasteiger partial charge in [-0.1, -0.05) is 31.2 Å². The minimum atomic E-state index is 1.01. The zero-order valence-electron chi connectivity index (χ0n) is 8.93. The molecule has 1 aromatic carbocycles. The summed E-state index contributed by atoms with van der Waals surface area (Å²) in [6.45, 7) is 6.43. The SMILES string of the molecule is CC/C=C1/CNCc2cccc(C)c21. The molecule has 1 N–H and O–H groups in total. The quantitative estimate of drug-likeness (QED) is 0.713. The minimum absolute atomic E-state index is 1.01. The first-order valence-corrected chi connectivity index (χ1v) is 5.31. The number of fused-ring (bicyclic) bond motifs is 1. The van der Waals surface area contributed by atoms with Gasteiger partial charge in [0.05, 0.1) is 0 Å². The summed E-state index contributed by atoms with van der Waals surface area (Å²) in [5.41, 5.74) is 5.79. The van der Waals surface area contributed by atoms with E-state index in [0.717, 1.165) is 19.5 Å². The Morgan fingerprint density at radius 1 is 1.36 bits per heavy atom. The van der Waals surface area contributed by atoms with Gasteiger partial charge in [0.15, 0.2) is 0 Å². The standard InChI is InChI=1S/C13H17N/c1-3-5-11-8-14-9-12-7-4-6-10(2)13(11)12/h4-7,14H,3,8-9H2,1-2H3/b11-5-. The van der Waals surface area contributed by atoms with Crippen LogP contribution in [0.1, 0.15) is 30.0 Å². The molecule has 0 fully saturated rings. The molecule has 2 rings (SSSR count). The first-order chi connectivity index (χ1) is 6.83. The molecule has 1 aromatic rings. The first kappa shape index (κ1) is 9.47. The fraction of sp³-hybridized carbons (Fsp3) is 0.385. The summed E-state index contributed by atoms with van der Waals surface area (Å²) in [6.07, 6.45) is 3.45. The van der Waals surface area contributed by atoms with Crippen molar-refractivity contribution < 1.29 is 0 Å². The van der Waals surface area contributed by atoms with Crippen molar-refractivity contribution in [3.63, 3.8) is 0 Å². The monoisotopic (exact) mass is 187 g/mol. The Balaban J connectivity index is 2.52. The highest BCUT2D eigenvalue weighted by Gasteiger charge is 2.14. The van der Waals surface area contributed by atoms with Crippen molar-refractivity contribution in [2.45, 2.75) is 26.8 Å². The van der Waals surface area contributed by atoms with Crippen molar-refractivity contribution in [3.05, 3.63) is 41.0 Å². The number of hydrogen-bond donors (Lipinski definition) is 1. The van der Waals surface area contributed by atoms with Gasteiger partial charge >= 0.3 is 0 Å². The summed E-state index contributed by atoms with van der Waals surface area (Å²) in [5.74, 6) is 0. The lowest BCUT2D eigenvalue weighted by Gasteiger charge is -2.22. The largest absolute Gasteiger partial charge is 0.309 e. The van der Waals surface area contributed by atoms with Crippen molar-refractivity contribution in [3.8, 4) is 0 Å². The molecule has 14 heavy (non-hydrogen) atoms. The van der Waals surface area contributed by atoms with Crippen molar-refractivity contribution in [1.82, 2.24) is 5.32 Å². The van der Waals surface area contributed by atoms with Crippen LogP contribution in [0, 0.1) is 6.92 Å². The van der Waals surface area contributed by atoms with Crippen LogP contribution >= 0.6 is 0 Å². The molecule has 1 aliphatic heterocycles. The van der Waals surface area contributed by atoms with E-state index in [4.69, 9.17) is 0 Å². The molecule has 74 valence electrons. The van der Waals surface area contributed by atoms with Crippen LogP contribution in [-0.4, -0.2) is 6.54 Å². The van der Waals surface area contributed by atoms with E-state index >= 15 is 0 Å². The van der Waals surface area contributed by atoms with Crippen molar-refractivity contribution in [1.29, 1.82) is 0 Å². The third kappa shape index (κ3) is 1.60. The van der Waals surface area contributed by atoms with Gasteiger partial charge in [-0.25, -0.2) is 0 Å². The fourth-order valence-electron chi connectivity index (χ4n) is 2.18. The maximum absolute atomic E-state index is 3.43. The summed E-state index contributed by atoms with van der Waals surface area (Å²) in [6, 6.07) is 6.57. The van der Waals surface area contributed by atoms with Crippen molar-refractivity contribution in [2.24, 2.45) is 0 Å². The maximum atomic E-state index is 3.43. The van der Waals surface area contributed by atoms with E-state index in [9.17, 15) is 0 Å². The number of nitrogens with one attached hydrogen (secondary N) is 1. The predicted octanol–water partition coefficient (Wildman–Crippen LogP) is 2.89. The lowest BCUT2D eigenvalue weighted by molar-refractivity contribution is 0.740. The summed E-state index contributed by atoms with van der Waals surface area (Å²) < 4.78 is 0. The Hall–Kier alpha value is -1.08. The van der Waals surface area contributed by atoms with Gasteiger partial charge in [-0.05, 0) is 35.6 Å². The molecule has 0 unspecified atom stereocenters. The highest BCUT2D eigenvalue weighted by molar-refractivity contribution is 5.73. The zero-order chi connectivity index (χ0) is 9.97. The van der Waals surface area contributed by atoms with Gasteiger partial charge in [-0.3, -0.25) is 0 Å². The summed E-state index contributed by atoms with van der Waals surface area (Å²) >= 11 is 0. The van der Waals surface area contributed by atoms with E-state index in [1.165, 1.54) is 22.3 Å². The molecule has 0 atom stereocenters. The van der Waals surface area contributed by atoms with Crippen LogP contribution < -0.4 is 5.32 Å². The molecule has 1 heterocycles. The number of hydrogen-bond acceptors (Lipinski definition) is 1.